The van der Waals surface area contributed by atoms with Crippen molar-refractivity contribution in [2.75, 3.05) is 13.2 Å². The maximum absolute atomic E-state index is 11.9. The Morgan fingerprint density at radius 3 is 2.39 bits per heavy atom. The van der Waals surface area contributed by atoms with Crippen molar-refractivity contribution in [2.24, 2.45) is 5.92 Å². The van der Waals surface area contributed by atoms with Crippen molar-refractivity contribution in [3.8, 4) is 0 Å². The number of alkyl halides is 3. The summed E-state index contributed by atoms with van der Waals surface area (Å²) in [4.78, 5) is 11.4. The van der Waals surface area contributed by atoms with Gasteiger partial charge in [-0.25, -0.2) is 4.79 Å². The second-order valence-electron chi connectivity index (χ2n) is 5.04. The van der Waals surface area contributed by atoms with Gasteiger partial charge in [-0.1, -0.05) is 6.92 Å². The zero-order valence-electron chi connectivity index (χ0n) is 10.3. The molecular weight excluding hydrogens is 249 g/mol. The highest BCUT2D eigenvalue weighted by Crippen LogP contribution is 2.31. The molecule has 7 heteroatoms. The molecule has 0 atom stereocenters. The number of hydrogen-bond acceptors (Lipinski definition) is 2. The second kappa shape index (κ2) is 5.77. The summed E-state index contributed by atoms with van der Waals surface area (Å²) < 4.78 is 35.8. The van der Waals surface area contributed by atoms with Crippen LogP contribution in [0.3, 0.4) is 0 Å². The standard InChI is InChI=1S/C11H19F3N2O2/c1-8-2-4-10(7-17,5-3-8)16-9(18)15-6-11(12,13)14/h8,17H,2-7H2,1H3,(H2,15,16,18). The number of halogens is 3. The smallest absolute Gasteiger partial charge is 0.394 e. The molecule has 0 unspecified atom stereocenters. The van der Waals surface area contributed by atoms with Crippen LogP contribution in [0.4, 0.5) is 18.0 Å². The van der Waals surface area contributed by atoms with Crippen molar-refractivity contribution >= 4 is 6.03 Å². The van der Waals surface area contributed by atoms with Gasteiger partial charge < -0.3 is 15.7 Å². The van der Waals surface area contributed by atoms with Crippen LogP contribution in [-0.4, -0.2) is 36.0 Å². The van der Waals surface area contributed by atoms with E-state index in [1.165, 1.54) is 0 Å². The van der Waals surface area contributed by atoms with Gasteiger partial charge in [0.25, 0.3) is 0 Å². The van der Waals surface area contributed by atoms with Crippen molar-refractivity contribution in [1.29, 1.82) is 0 Å². The zero-order chi connectivity index (χ0) is 13.8. The van der Waals surface area contributed by atoms with Gasteiger partial charge >= 0.3 is 12.2 Å². The molecule has 1 rings (SSSR count). The number of nitrogens with one attached hydrogen (secondary N) is 2. The number of hydrogen-bond donors (Lipinski definition) is 3. The van der Waals surface area contributed by atoms with Crippen LogP contribution in [0.15, 0.2) is 0 Å². The molecule has 0 aromatic carbocycles. The van der Waals surface area contributed by atoms with Gasteiger partial charge in [-0.3, -0.25) is 0 Å². The molecule has 0 aliphatic heterocycles. The van der Waals surface area contributed by atoms with E-state index in [9.17, 15) is 23.1 Å². The normalized spacial score (nSPS) is 28.8. The Labute approximate surface area is 104 Å². The number of aliphatic hydroxyl groups is 1. The summed E-state index contributed by atoms with van der Waals surface area (Å²) in [5.41, 5.74) is -0.776. The van der Waals surface area contributed by atoms with E-state index in [-0.39, 0.29) is 6.61 Å². The Morgan fingerprint density at radius 2 is 1.94 bits per heavy atom. The van der Waals surface area contributed by atoms with E-state index in [0.29, 0.717) is 18.8 Å². The minimum Gasteiger partial charge on any atom is -0.394 e. The monoisotopic (exact) mass is 268 g/mol. The first kappa shape index (κ1) is 15.1. The van der Waals surface area contributed by atoms with Crippen LogP contribution in [0.1, 0.15) is 32.6 Å². The lowest BCUT2D eigenvalue weighted by molar-refractivity contribution is -0.122. The van der Waals surface area contributed by atoms with Crippen LogP contribution < -0.4 is 10.6 Å². The average Bonchev–Trinajstić information content (AvgIpc) is 2.29. The van der Waals surface area contributed by atoms with Crippen molar-refractivity contribution in [3.05, 3.63) is 0 Å². The molecule has 2 amide bonds. The Kier molecular flexibility index (Phi) is 4.84. The van der Waals surface area contributed by atoms with Gasteiger partial charge in [-0.2, -0.15) is 13.2 Å². The summed E-state index contributed by atoms with van der Waals surface area (Å²) in [6.45, 7) is 0.459. The number of amides is 2. The molecule has 1 aliphatic carbocycles. The molecule has 0 bridgehead atoms. The summed E-state index contributed by atoms with van der Waals surface area (Å²) in [5, 5.41) is 13.6. The summed E-state index contributed by atoms with van der Waals surface area (Å²) in [7, 11) is 0. The fraction of sp³-hybridized carbons (Fsp3) is 0.909. The lowest BCUT2D eigenvalue weighted by Gasteiger charge is -2.38. The van der Waals surface area contributed by atoms with E-state index in [1.54, 1.807) is 5.32 Å². The maximum Gasteiger partial charge on any atom is 0.405 e. The molecule has 0 radical (unpaired) electrons. The number of urea groups is 1. The molecule has 0 aromatic rings. The molecule has 4 nitrogen and oxygen atoms in total. The number of carbonyl (C=O) groups is 1. The third-order valence-electron chi connectivity index (χ3n) is 3.36. The third-order valence-corrected chi connectivity index (χ3v) is 3.36. The predicted molar refractivity (Wildman–Crippen MR) is 60.0 cm³/mol. The molecule has 0 heterocycles. The molecule has 1 aliphatic rings. The molecule has 0 saturated heterocycles. The second-order valence-corrected chi connectivity index (χ2v) is 5.04. The Balaban J connectivity index is 2.45. The van der Waals surface area contributed by atoms with Crippen LogP contribution in [-0.2, 0) is 0 Å². The molecule has 1 fully saturated rings. The summed E-state index contributed by atoms with van der Waals surface area (Å²) >= 11 is 0. The molecular formula is C11H19F3N2O2. The number of rotatable bonds is 3. The summed E-state index contributed by atoms with van der Waals surface area (Å²) in [5.74, 6) is 0.518. The van der Waals surface area contributed by atoms with E-state index >= 15 is 0 Å². The lowest BCUT2D eigenvalue weighted by atomic mass is 9.77. The van der Waals surface area contributed by atoms with Crippen molar-refractivity contribution in [1.82, 2.24) is 10.6 Å². The van der Waals surface area contributed by atoms with Gasteiger partial charge in [0.15, 0.2) is 0 Å². The first-order chi connectivity index (χ1) is 8.26. The van der Waals surface area contributed by atoms with E-state index in [0.717, 1.165) is 12.8 Å². The van der Waals surface area contributed by atoms with Gasteiger partial charge in [-0.05, 0) is 31.6 Å². The summed E-state index contributed by atoms with van der Waals surface area (Å²) in [6, 6.07) is -0.879. The van der Waals surface area contributed by atoms with Crippen molar-refractivity contribution in [2.45, 2.75) is 44.3 Å². The van der Waals surface area contributed by atoms with Crippen molar-refractivity contribution < 1.29 is 23.1 Å². The highest BCUT2D eigenvalue weighted by molar-refractivity contribution is 5.74. The highest BCUT2D eigenvalue weighted by Gasteiger charge is 2.36. The minimum atomic E-state index is -4.43. The lowest BCUT2D eigenvalue weighted by Crippen LogP contribution is -2.56. The number of carbonyl (C=O) groups excluding carboxylic acids is 1. The van der Waals surface area contributed by atoms with E-state index in [2.05, 4.69) is 12.2 Å². The Hall–Kier alpha value is -0.980. The van der Waals surface area contributed by atoms with Crippen LogP contribution in [0, 0.1) is 5.92 Å². The molecule has 0 aromatic heterocycles. The first-order valence-corrected chi connectivity index (χ1v) is 6.00. The van der Waals surface area contributed by atoms with E-state index in [1.807, 2.05) is 0 Å². The van der Waals surface area contributed by atoms with E-state index in [4.69, 9.17) is 0 Å². The quantitative estimate of drug-likeness (QED) is 0.730. The van der Waals surface area contributed by atoms with Crippen LogP contribution >= 0.6 is 0 Å². The SMILES string of the molecule is CC1CCC(CO)(NC(=O)NCC(F)(F)F)CC1. The van der Waals surface area contributed by atoms with E-state index < -0.39 is 24.3 Å². The largest absolute Gasteiger partial charge is 0.405 e. The summed E-state index contributed by atoms with van der Waals surface area (Å²) in [6.07, 6.45) is -1.56. The molecule has 0 spiro atoms. The van der Waals surface area contributed by atoms with Crippen molar-refractivity contribution in [3.63, 3.8) is 0 Å². The highest BCUT2D eigenvalue weighted by atomic mass is 19.4. The Morgan fingerprint density at radius 1 is 1.39 bits per heavy atom. The number of aliphatic hydroxyl groups excluding tert-OH is 1. The minimum absolute atomic E-state index is 0.251. The predicted octanol–water partition coefficient (Wildman–Crippen LogP) is 1.79. The molecule has 1 saturated carbocycles. The average molecular weight is 268 g/mol. The van der Waals surface area contributed by atoms with Crippen LogP contribution in [0.25, 0.3) is 0 Å². The first-order valence-electron chi connectivity index (χ1n) is 6.00. The fourth-order valence-electron chi connectivity index (χ4n) is 2.10. The topological polar surface area (TPSA) is 61.4 Å². The van der Waals surface area contributed by atoms with Gasteiger partial charge in [0.2, 0.25) is 0 Å². The van der Waals surface area contributed by atoms with Crippen LogP contribution in [0.5, 0.6) is 0 Å². The van der Waals surface area contributed by atoms with Gasteiger partial charge in [-0.15, -0.1) is 0 Å². The zero-order valence-corrected chi connectivity index (χ0v) is 10.3. The molecule has 106 valence electrons. The van der Waals surface area contributed by atoms with Gasteiger partial charge in [0.05, 0.1) is 12.1 Å². The van der Waals surface area contributed by atoms with Gasteiger partial charge in [0.1, 0.15) is 6.54 Å². The van der Waals surface area contributed by atoms with Gasteiger partial charge in [0, 0.05) is 0 Å². The Bertz CT molecular complexity index is 287. The molecule has 3 N–H and O–H groups in total. The van der Waals surface area contributed by atoms with Crippen LogP contribution in [0.2, 0.25) is 0 Å². The maximum atomic E-state index is 11.9. The fourth-order valence-corrected chi connectivity index (χ4v) is 2.10. The molecule has 18 heavy (non-hydrogen) atoms. The third kappa shape index (κ3) is 4.72.